The van der Waals surface area contributed by atoms with Crippen LogP contribution in [0.5, 0.6) is 5.75 Å². The van der Waals surface area contributed by atoms with Crippen molar-refractivity contribution in [3.05, 3.63) is 23.8 Å². The van der Waals surface area contributed by atoms with Gasteiger partial charge in [0.25, 0.3) is 0 Å². The summed E-state index contributed by atoms with van der Waals surface area (Å²) in [5, 5.41) is 3.71. The van der Waals surface area contributed by atoms with Crippen molar-refractivity contribution in [3.63, 3.8) is 0 Å². The van der Waals surface area contributed by atoms with Gasteiger partial charge in [0.2, 0.25) is 0 Å². The van der Waals surface area contributed by atoms with Gasteiger partial charge in [0, 0.05) is 6.04 Å². The summed E-state index contributed by atoms with van der Waals surface area (Å²) < 4.78 is 5.50. The topological polar surface area (TPSA) is 21.3 Å². The molecule has 0 saturated heterocycles. The molecule has 1 aromatic carbocycles. The lowest BCUT2D eigenvalue weighted by atomic mass is 9.71. The first-order chi connectivity index (χ1) is 9.71. The summed E-state index contributed by atoms with van der Waals surface area (Å²) in [6, 6.07) is 7.06. The fourth-order valence-electron chi connectivity index (χ4n) is 4.14. The standard InChI is InChI=1S/C18H27NO/c1-14-5-6-16(17(13-14)20-2)19-15-7-11-18(12-8-15)9-3-4-10-18/h5-6,13,15,19H,3-4,7-12H2,1-2H3. The van der Waals surface area contributed by atoms with E-state index in [1.165, 1.54) is 56.9 Å². The summed E-state index contributed by atoms with van der Waals surface area (Å²) >= 11 is 0. The monoisotopic (exact) mass is 273 g/mol. The second-order valence-corrected chi connectivity index (χ2v) is 6.83. The molecule has 0 bridgehead atoms. The van der Waals surface area contributed by atoms with Crippen molar-refractivity contribution >= 4 is 5.69 Å². The van der Waals surface area contributed by atoms with Gasteiger partial charge in [-0.2, -0.15) is 0 Å². The van der Waals surface area contributed by atoms with Gasteiger partial charge in [-0.15, -0.1) is 0 Å². The number of anilines is 1. The van der Waals surface area contributed by atoms with E-state index >= 15 is 0 Å². The van der Waals surface area contributed by atoms with Crippen molar-refractivity contribution in [2.75, 3.05) is 12.4 Å². The molecule has 0 atom stereocenters. The molecule has 1 N–H and O–H groups in total. The minimum atomic E-state index is 0.623. The summed E-state index contributed by atoms with van der Waals surface area (Å²) in [6.45, 7) is 2.11. The van der Waals surface area contributed by atoms with E-state index < -0.39 is 0 Å². The number of hydrogen-bond donors (Lipinski definition) is 1. The highest BCUT2D eigenvalue weighted by Crippen LogP contribution is 2.49. The largest absolute Gasteiger partial charge is 0.495 e. The molecule has 2 aliphatic carbocycles. The quantitative estimate of drug-likeness (QED) is 0.844. The van der Waals surface area contributed by atoms with Gasteiger partial charge in [-0.25, -0.2) is 0 Å². The van der Waals surface area contributed by atoms with Crippen LogP contribution in [0.15, 0.2) is 18.2 Å². The van der Waals surface area contributed by atoms with Crippen LogP contribution in [0.1, 0.15) is 56.9 Å². The first-order valence-electron chi connectivity index (χ1n) is 8.12. The molecule has 0 aromatic heterocycles. The Bertz CT molecular complexity index is 452. The van der Waals surface area contributed by atoms with E-state index in [1.54, 1.807) is 7.11 Å². The molecule has 20 heavy (non-hydrogen) atoms. The molecule has 0 unspecified atom stereocenters. The molecule has 2 saturated carbocycles. The van der Waals surface area contributed by atoms with Gasteiger partial charge in [0.1, 0.15) is 5.75 Å². The Hall–Kier alpha value is -1.18. The zero-order valence-corrected chi connectivity index (χ0v) is 12.9. The van der Waals surface area contributed by atoms with Crippen LogP contribution in [-0.2, 0) is 0 Å². The van der Waals surface area contributed by atoms with E-state index in [1.807, 2.05) is 0 Å². The van der Waals surface area contributed by atoms with Gasteiger partial charge in [-0.05, 0) is 68.6 Å². The Morgan fingerprint density at radius 1 is 1.10 bits per heavy atom. The minimum absolute atomic E-state index is 0.623. The second kappa shape index (κ2) is 5.67. The summed E-state index contributed by atoms with van der Waals surface area (Å²) in [5.74, 6) is 0.978. The van der Waals surface area contributed by atoms with Crippen LogP contribution in [0.4, 0.5) is 5.69 Å². The first-order valence-corrected chi connectivity index (χ1v) is 8.12. The van der Waals surface area contributed by atoms with Gasteiger partial charge in [-0.3, -0.25) is 0 Å². The molecule has 3 rings (SSSR count). The van der Waals surface area contributed by atoms with Crippen molar-refractivity contribution in [2.45, 2.75) is 64.3 Å². The zero-order chi connectivity index (χ0) is 14.0. The smallest absolute Gasteiger partial charge is 0.142 e. The van der Waals surface area contributed by atoms with Crippen molar-refractivity contribution in [1.29, 1.82) is 0 Å². The van der Waals surface area contributed by atoms with E-state index in [-0.39, 0.29) is 0 Å². The molecule has 2 nitrogen and oxygen atoms in total. The number of methoxy groups -OCH3 is 1. The number of benzene rings is 1. The SMILES string of the molecule is COc1cc(C)ccc1NC1CCC2(CCCC2)CC1. The lowest BCUT2D eigenvalue weighted by Gasteiger charge is -2.38. The molecule has 0 aliphatic heterocycles. The maximum atomic E-state index is 5.50. The van der Waals surface area contributed by atoms with E-state index in [2.05, 4.69) is 30.4 Å². The third kappa shape index (κ3) is 2.79. The lowest BCUT2D eigenvalue weighted by Crippen LogP contribution is -2.31. The van der Waals surface area contributed by atoms with Gasteiger partial charge in [0.05, 0.1) is 12.8 Å². The summed E-state index contributed by atoms with van der Waals surface area (Å²) in [7, 11) is 1.76. The predicted octanol–water partition coefficient (Wildman–Crippen LogP) is 4.92. The number of rotatable bonds is 3. The maximum Gasteiger partial charge on any atom is 0.142 e. The normalized spacial score (nSPS) is 22.1. The molecule has 1 aromatic rings. The Balaban J connectivity index is 1.62. The highest BCUT2D eigenvalue weighted by molar-refractivity contribution is 5.58. The second-order valence-electron chi connectivity index (χ2n) is 6.83. The highest BCUT2D eigenvalue weighted by Gasteiger charge is 2.37. The van der Waals surface area contributed by atoms with Crippen LogP contribution in [0, 0.1) is 12.3 Å². The zero-order valence-electron chi connectivity index (χ0n) is 12.9. The van der Waals surface area contributed by atoms with Crippen molar-refractivity contribution in [2.24, 2.45) is 5.41 Å². The van der Waals surface area contributed by atoms with Crippen LogP contribution < -0.4 is 10.1 Å². The predicted molar refractivity (Wildman–Crippen MR) is 84.5 cm³/mol. The molecule has 110 valence electrons. The average Bonchev–Trinajstić information content (AvgIpc) is 2.92. The molecule has 1 spiro atoms. The Labute approximate surface area is 122 Å². The van der Waals surface area contributed by atoms with Crippen molar-refractivity contribution in [1.82, 2.24) is 0 Å². The number of aryl methyl sites for hydroxylation is 1. The van der Waals surface area contributed by atoms with Crippen LogP contribution in [-0.4, -0.2) is 13.2 Å². The summed E-state index contributed by atoms with van der Waals surface area (Å²) in [5.41, 5.74) is 3.13. The molecule has 2 heteroatoms. The number of hydrogen-bond acceptors (Lipinski definition) is 2. The maximum absolute atomic E-state index is 5.50. The van der Waals surface area contributed by atoms with Crippen molar-refractivity contribution < 1.29 is 4.74 Å². The third-order valence-corrected chi connectivity index (χ3v) is 5.43. The molecule has 2 aliphatic rings. The Kier molecular flexibility index (Phi) is 3.91. The van der Waals surface area contributed by atoms with Gasteiger partial charge in [-0.1, -0.05) is 18.9 Å². The van der Waals surface area contributed by atoms with E-state index in [0.29, 0.717) is 6.04 Å². The molecule has 2 fully saturated rings. The van der Waals surface area contributed by atoms with Crippen LogP contribution in [0.3, 0.4) is 0 Å². The van der Waals surface area contributed by atoms with Gasteiger partial charge >= 0.3 is 0 Å². The molecule has 0 amide bonds. The fraction of sp³-hybridized carbons (Fsp3) is 0.667. The van der Waals surface area contributed by atoms with Crippen LogP contribution >= 0.6 is 0 Å². The van der Waals surface area contributed by atoms with Gasteiger partial charge in [0.15, 0.2) is 0 Å². The lowest BCUT2D eigenvalue weighted by molar-refractivity contribution is 0.188. The van der Waals surface area contributed by atoms with E-state index in [4.69, 9.17) is 4.74 Å². The molecular formula is C18H27NO. The minimum Gasteiger partial charge on any atom is -0.495 e. The summed E-state index contributed by atoms with van der Waals surface area (Å²) in [6.07, 6.45) is 11.3. The Morgan fingerprint density at radius 3 is 2.45 bits per heavy atom. The number of ether oxygens (including phenoxy) is 1. The van der Waals surface area contributed by atoms with Crippen LogP contribution in [0.2, 0.25) is 0 Å². The van der Waals surface area contributed by atoms with Crippen LogP contribution in [0.25, 0.3) is 0 Å². The average molecular weight is 273 g/mol. The van der Waals surface area contributed by atoms with E-state index in [9.17, 15) is 0 Å². The first kappa shape index (κ1) is 13.8. The third-order valence-electron chi connectivity index (χ3n) is 5.43. The van der Waals surface area contributed by atoms with Crippen molar-refractivity contribution in [3.8, 4) is 5.75 Å². The number of nitrogens with one attached hydrogen (secondary N) is 1. The highest BCUT2D eigenvalue weighted by atomic mass is 16.5. The van der Waals surface area contributed by atoms with E-state index in [0.717, 1.165) is 16.9 Å². The van der Waals surface area contributed by atoms with Gasteiger partial charge < -0.3 is 10.1 Å². The molecule has 0 radical (unpaired) electrons. The Morgan fingerprint density at radius 2 is 1.80 bits per heavy atom. The molecular weight excluding hydrogens is 246 g/mol. The summed E-state index contributed by atoms with van der Waals surface area (Å²) in [4.78, 5) is 0. The molecule has 0 heterocycles. The fourth-order valence-corrected chi connectivity index (χ4v) is 4.14.